The van der Waals surface area contributed by atoms with Gasteiger partial charge in [-0.05, 0) is 48.7 Å². The lowest BCUT2D eigenvalue weighted by Crippen LogP contribution is -2.37. The Morgan fingerprint density at radius 2 is 1.88 bits per heavy atom. The Labute approximate surface area is 193 Å². The van der Waals surface area contributed by atoms with Crippen molar-refractivity contribution in [3.63, 3.8) is 0 Å². The van der Waals surface area contributed by atoms with Crippen molar-refractivity contribution in [2.45, 2.75) is 44.6 Å². The molecule has 0 saturated heterocycles. The first-order chi connectivity index (χ1) is 15.9. The summed E-state index contributed by atoms with van der Waals surface area (Å²) in [6.07, 6.45) is 3.10. The summed E-state index contributed by atoms with van der Waals surface area (Å²) in [4.78, 5) is 32.0. The van der Waals surface area contributed by atoms with Gasteiger partial charge in [-0.2, -0.15) is 4.31 Å². The van der Waals surface area contributed by atoms with E-state index < -0.39 is 10.0 Å². The van der Waals surface area contributed by atoms with Gasteiger partial charge in [-0.3, -0.25) is 14.2 Å². The van der Waals surface area contributed by atoms with E-state index in [0.29, 0.717) is 30.5 Å². The van der Waals surface area contributed by atoms with E-state index in [4.69, 9.17) is 0 Å². The number of aromatic nitrogens is 2. The summed E-state index contributed by atoms with van der Waals surface area (Å²) in [7, 11) is -3.56. The minimum atomic E-state index is -3.56. The first-order valence-electron chi connectivity index (χ1n) is 11.2. The van der Waals surface area contributed by atoms with E-state index in [0.717, 1.165) is 24.1 Å². The van der Waals surface area contributed by atoms with Crippen LogP contribution in [0.2, 0.25) is 0 Å². The van der Waals surface area contributed by atoms with E-state index in [1.165, 1.54) is 15.2 Å². The molecule has 0 fully saturated rings. The lowest BCUT2D eigenvalue weighted by Gasteiger charge is -2.30. The van der Waals surface area contributed by atoms with Crippen molar-refractivity contribution in [1.29, 1.82) is 0 Å². The molecular weight excluding hydrogens is 440 g/mol. The van der Waals surface area contributed by atoms with Gasteiger partial charge in [-0.15, -0.1) is 0 Å². The second kappa shape index (κ2) is 9.44. The third kappa shape index (κ3) is 4.43. The molecule has 1 aromatic heterocycles. The second-order valence-electron chi connectivity index (χ2n) is 8.04. The van der Waals surface area contributed by atoms with Gasteiger partial charge in [0.05, 0.1) is 22.1 Å². The van der Waals surface area contributed by atoms with Gasteiger partial charge in [0.1, 0.15) is 0 Å². The van der Waals surface area contributed by atoms with Gasteiger partial charge in [0.25, 0.3) is 5.56 Å². The molecule has 1 aliphatic heterocycles. The Morgan fingerprint density at radius 1 is 1.12 bits per heavy atom. The lowest BCUT2D eigenvalue weighted by atomic mass is 10.0. The molecule has 1 aliphatic rings. The van der Waals surface area contributed by atoms with E-state index in [1.807, 2.05) is 19.9 Å². The molecule has 1 amide bonds. The van der Waals surface area contributed by atoms with Gasteiger partial charge in [0.2, 0.25) is 15.9 Å². The molecule has 0 bridgehead atoms. The van der Waals surface area contributed by atoms with Crippen LogP contribution in [-0.4, -0.2) is 47.8 Å². The maximum absolute atomic E-state index is 13.1. The Balaban J connectivity index is 1.54. The van der Waals surface area contributed by atoms with Crippen LogP contribution in [0.5, 0.6) is 0 Å². The fraction of sp³-hybridized carbons (Fsp3) is 0.375. The lowest BCUT2D eigenvalue weighted by molar-refractivity contribution is -0.118. The SMILES string of the molecule is CCN(CC)S(=O)(=O)c1ccc2c(c1)CCCN2C(=O)CCn1cnc2ccccc2c1=O. The Bertz CT molecular complexity index is 1350. The molecule has 4 rings (SSSR count). The summed E-state index contributed by atoms with van der Waals surface area (Å²) in [6.45, 7) is 5.24. The van der Waals surface area contributed by atoms with Crippen LogP contribution in [0, 0.1) is 0 Å². The first-order valence-corrected chi connectivity index (χ1v) is 12.7. The van der Waals surface area contributed by atoms with Crippen molar-refractivity contribution in [1.82, 2.24) is 13.9 Å². The minimum absolute atomic E-state index is 0.102. The molecule has 33 heavy (non-hydrogen) atoms. The Morgan fingerprint density at radius 3 is 2.64 bits per heavy atom. The van der Waals surface area contributed by atoms with E-state index in [9.17, 15) is 18.0 Å². The standard InChI is InChI=1S/C24H28N4O4S/c1-3-27(4-2)33(31,32)19-11-12-22-18(16-19)8-7-14-28(22)23(29)13-15-26-17-25-21-10-6-5-9-20(21)24(26)30/h5-6,9-12,16-17H,3-4,7-8,13-15H2,1-2H3. The summed E-state index contributed by atoms with van der Waals surface area (Å²) < 4.78 is 28.7. The van der Waals surface area contributed by atoms with Crippen LogP contribution < -0.4 is 10.5 Å². The summed E-state index contributed by atoms with van der Waals surface area (Å²) >= 11 is 0. The van der Waals surface area contributed by atoms with Crippen molar-refractivity contribution < 1.29 is 13.2 Å². The number of nitrogens with zero attached hydrogens (tertiary/aromatic N) is 4. The van der Waals surface area contributed by atoms with Crippen LogP contribution in [0.25, 0.3) is 10.9 Å². The molecule has 2 aromatic carbocycles. The third-order valence-electron chi connectivity index (χ3n) is 6.11. The van der Waals surface area contributed by atoms with Crippen LogP contribution in [0.1, 0.15) is 32.3 Å². The number of hydrogen-bond donors (Lipinski definition) is 0. The molecule has 2 heterocycles. The maximum atomic E-state index is 13.1. The number of anilines is 1. The average molecular weight is 469 g/mol. The number of fused-ring (bicyclic) bond motifs is 2. The van der Waals surface area contributed by atoms with E-state index in [1.54, 1.807) is 41.3 Å². The molecular formula is C24H28N4O4S. The molecule has 0 unspecified atom stereocenters. The smallest absolute Gasteiger partial charge is 0.261 e. The van der Waals surface area contributed by atoms with Crippen molar-refractivity contribution in [3.05, 3.63) is 64.7 Å². The number of aryl methyl sites for hydroxylation is 2. The summed E-state index contributed by atoms with van der Waals surface area (Å²) in [5.74, 6) is -0.102. The number of benzene rings is 2. The molecule has 0 saturated carbocycles. The molecule has 0 atom stereocenters. The summed E-state index contributed by atoms with van der Waals surface area (Å²) in [6, 6.07) is 12.1. The Hall–Kier alpha value is -3.04. The molecule has 0 spiro atoms. The maximum Gasteiger partial charge on any atom is 0.261 e. The number of amides is 1. The van der Waals surface area contributed by atoms with E-state index in [-0.39, 0.29) is 29.3 Å². The van der Waals surface area contributed by atoms with Gasteiger partial charge in [0.15, 0.2) is 0 Å². The number of para-hydroxylation sites is 1. The predicted octanol–water partition coefficient (Wildman–Crippen LogP) is 2.80. The molecule has 0 radical (unpaired) electrons. The van der Waals surface area contributed by atoms with Gasteiger partial charge in [0, 0.05) is 38.3 Å². The number of sulfonamides is 1. The summed E-state index contributed by atoms with van der Waals surface area (Å²) in [5.41, 5.74) is 2.06. The Kier molecular flexibility index (Phi) is 6.62. The first kappa shape index (κ1) is 23.1. The normalized spacial score (nSPS) is 14.0. The minimum Gasteiger partial charge on any atom is -0.312 e. The highest BCUT2D eigenvalue weighted by molar-refractivity contribution is 7.89. The number of carbonyl (C=O) groups excluding carboxylic acids is 1. The summed E-state index contributed by atoms with van der Waals surface area (Å²) in [5, 5.41) is 0.526. The third-order valence-corrected chi connectivity index (χ3v) is 8.16. The molecule has 8 nitrogen and oxygen atoms in total. The predicted molar refractivity (Wildman–Crippen MR) is 128 cm³/mol. The molecule has 3 aromatic rings. The zero-order valence-corrected chi connectivity index (χ0v) is 19.7. The zero-order chi connectivity index (χ0) is 23.6. The van der Waals surface area contributed by atoms with E-state index >= 15 is 0 Å². The molecule has 9 heteroatoms. The van der Waals surface area contributed by atoms with Crippen molar-refractivity contribution >= 4 is 32.5 Å². The number of rotatable bonds is 7. The average Bonchev–Trinajstić information content (AvgIpc) is 2.83. The van der Waals surface area contributed by atoms with Crippen molar-refractivity contribution in [2.24, 2.45) is 0 Å². The monoisotopic (exact) mass is 468 g/mol. The number of carbonyl (C=O) groups is 1. The van der Waals surface area contributed by atoms with Crippen LogP contribution in [0.3, 0.4) is 0 Å². The highest BCUT2D eigenvalue weighted by atomic mass is 32.2. The van der Waals surface area contributed by atoms with Crippen molar-refractivity contribution in [2.75, 3.05) is 24.5 Å². The highest BCUT2D eigenvalue weighted by Crippen LogP contribution is 2.31. The fourth-order valence-corrected chi connectivity index (χ4v) is 5.83. The molecule has 0 N–H and O–H groups in total. The largest absolute Gasteiger partial charge is 0.312 e. The van der Waals surface area contributed by atoms with Crippen LogP contribution in [0.4, 0.5) is 5.69 Å². The van der Waals surface area contributed by atoms with Gasteiger partial charge in [-0.1, -0.05) is 26.0 Å². The molecule has 174 valence electrons. The zero-order valence-electron chi connectivity index (χ0n) is 18.9. The quantitative estimate of drug-likeness (QED) is 0.532. The topological polar surface area (TPSA) is 92.6 Å². The van der Waals surface area contributed by atoms with Gasteiger partial charge < -0.3 is 4.90 Å². The van der Waals surface area contributed by atoms with Gasteiger partial charge in [-0.25, -0.2) is 13.4 Å². The highest BCUT2D eigenvalue weighted by Gasteiger charge is 2.27. The molecule has 0 aliphatic carbocycles. The van der Waals surface area contributed by atoms with Crippen LogP contribution >= 0.6 is 0 Å². The second-order valence-corrected chi connectivity index (χ2v) is 9.98. The van der Waals surface area contributed by atoms with Gasteiger partial charge >= 0.3 is 0 Å². The van der Waals surface area contributed by atoms with Crippen molar-refractivity contribution in [3.8, 4) is 0 Å². The van der Waals surface area contributed by atoms with E-state index in [2.05, 4.69) is 4.98 Å². The number of hydrogen-bond acceptors (Lipinski definition) is 5. The fourth-order valence-electron chi connectivity index (χ4n) is 4.32. The van der Waals surface area contributed by atoms with Crippen LogP contribution in [0.15, 0.2) is 58.5 Å². The van der Waals surface area contributed by atoms with Crippen LogP contribution in [-0.2, 0) is 27.8 Å².